The predicted molar refractivity (Wildman–Crippen MR) is 227 cm³/mol. The van der Waals surface area contributed by atoms with Crippen molar-refractivity contribution in [1.82, 2.24) is 34.3 Å². The van der Waals surface area contributed by atoms with Crippen LogP contribution < -0.4 is 21.1 Å². The molecule has 0 bridgehead atoms. The fourth-order valence-corrected chi connectivity index (χ4v) is 8.70. The molecule has 10 atom stereocenters. The molecule has 1 aromatic carbocycles. The SMILES string of the molecule is C.C.CC(C)OC(=O)[C@H](C)NP(=O)(OC[C@H]1O[C@@](C#N)(c2ccc3c(N)ncnn23)[C@](C)(O)[C@@H]1O)Oc1ccccc1.C[C@@]1(O)[C@H](O)[C@@H](CO)O[C@@]1(C#N)c1ccc2c(N)ncnn12. The van der Waals surface area contributed by atoms with E-state index in [9.17, 15) is 45.4 Å². The summed E-state index contributed by atoms with van der Waals surface area (Å²) in [6, 6.07) is 17.0. The maximum Gasteiger partial charge on any atom is 0.459 e. The summed E-state index contributed by atoms with van der Waals surface area (Å²) in [7, 11) is -4.32. The number of hydrogen-bond acceptors (Lipinski definition) is 20. The number of ether oxygens (including phenoxy) is 3. The van der Waals surface area contributed by atoms with Gasteiger partial charge in [0.1, 0.15) is 83.2 Å². The van der Waals surface area contributed by atoms with Crippen molar-refractivity contribution in [2.75, 3.05) is 24.7 Å². The number of para-hydroxylation sites is 1. The largest absolute Gasteiger partial charge is 0.462 e. The molecule has 10 N–H and O–H groups in total. The fraction of sp³-hybridized carbons (Fsp3) is 0.475. The van der Waals surface area contributed by atoms with E-state index in [-0.39, 0.29) is 43.6 Å². The van der Waals surface area contributed by atoms with Crippen LogP contribution in [0.25, 0.3) is 11.0 Å². The second-order valence-electron chi connectivity index (χ2n) is 15.1. The lowest BCUT2D eigenvalue weighted by Crippen LogP contribution is -2.52. The van der Waals surface area contributed by atoms with E-state index >= 15 is 0 Å². The van der Waals surface area contributed by atoms with Gasteiger partial charge in [0.05, 0.1) is 30.7 Å². The molecule has 4 aromatic heterocycles. The van der Waals surface area contributed by atoms with Gasteiger partial charge in [0.2, 0.25) is 11.2 Å². The second kappa shape index (κ2) is 19.1. The molecule has 24 heteroatoms. The third kappa shape index (κ3) is 8.71. The number of esters is 1. The molecule has 5 aromatic rings. The van der Waals surface area contributed by atoms with Crippen LogP contribution in [-0.2, 0) is 39.3 Å². The smallest absolute Gasteiger partial charge is 0.459 e. The quantitative estimate of drug-likeness (QED) is 0.0649. The first-order valence-electron chi connectivity index (χ1n) is 19.0. The molecule has 2 aliphatic heterocycles. The molecular formula is C40H54N11O12P. The maximum atomic E-state index is 13.8. The molecule has 6 heterocycles. The van der Waals surface area contributed by atoms with Gasteiger partial charge in [-0.3, -0.25) is 9.32 Å². The number of nitrogen functional groups attached to an aromatic ring is 2. The number of anilines is 2. The van der Waals surface area contributed by atoms with Gasteiger partial charge in [-0.05, 0) is 71.0 Å². The van der Waals surface area contributed by atoms with Gasteiger partial charge in [-0.2, -0.15) is 25.8 Å². The topological polar surface area (TPSA) is 353 Å². The molecule has 23 nitrogen and oxygen atoms in total. The maximum absolute atomic E-state index is 13.8. The number of fused-ring (bicyclic) bond motifs is 2. The number of aliphatic hydroxyl groups excluding tert-OH is 3. The van der Waals surface area contributed by atoms with Crippen LogP contribution in [0.3, 0.4) is 0 Å². The standard InChI is InChI=1S/C25H31N6O8P.C13H15N5O4.2CH4/c1-15(2)37-23(33)16(3)30-40(35,39-17-8-6-5-7-9-17)36-12-19-21(32)24(4,34)25(13-26,38-19)20-11-10-18-22(27)28-14-29-31(18)20;1-12(21)10(20)8(4-19)22-13(12,5-14)9-3-2-7-11(15)16-6-17-18(7)9;;/h5-11,14-16,19,21,32,34H,12H2,1-4H3,(H,30,35)(H2,27,28,29);2-3,6,8,10,19-21H,4H2,1H3,(H2,15,16,17);2*1H4/t16-,19+,21+,24+,25-,40?;8-,10-,12-,13+;;/m01../s1. The molecule has 346 valence electrons. The highest BCUT2D eigenvalue weighted by molar-refractivity contribution is 7.52. The van der Waals surface area contributed by atoms with Crippen molar-refractivity contribution in [2.24, 2.45) is 0 Å². The molecule has 2 saturated heterocycles. The summed E-state index contributed by atoms with van der Waals surface area (Å²) >= 11 is 0. The Bertz CT molecular complexity index is 2560. The Morgan fingerprint density at radius 1 is 0.859 bits per heavy atom. The minimum absolute atomic E-state index is 0. The number of carbonyl (C=O) groups excluding carboxylic acids is 1. The van der Waals surface area contributed by atoms with Gasteiger partial charge in [0, 0.05) is 0 Å². The summed E-state index contributed by atoms with van der Waals surface area (Å²) in [5.74, 6) is -0.194. The van der Waals surface area contributed by atoms with Crippen molar-refractivity contribution in [3.8, 4) is 17.9 Å². The Morgan fingerprint density at radius 3 is 1.77 bits per heavy atom. The van der Waals surface area contributed by atoms with Gasteiger partial charge in [-0.25, -0.2) is 23.6 Å². The molecule has 7 rings (SSSR count). The highest BCUT2D eigenvalue weighted by Crippen LogP contribution is 2.51. The third-order valence-electron chi connectivity index (χ3n) is 10.6. The normalized spacial score (nSPS) is 28.7. The molecular weight excluding hydrogens is 857 g/mol. The summed E-state index contributed by atoms with van der Waals surface area (Å²) in [5.41, 5.74) is 4.54. The van der Waals surface area contributed by atoms with E-state index in [1.165, 1.54) is 66.7 Å². The van der Waals surface area contributed by atoms with Gasteiger partial charge >= 0.3 is 13.7 Å². The van der Waals surface area contributed by atoms with Crippen molar-refractivity contribution < 1.29 is 58.2 Å². The van der Waals surface area contributed by atoms with Crippen LogP contribution in [0, 0.1) is 22.7 Å². The number of nitrogens with two attached hydrogens (primary N) is 2. The molecule has 0 saturated carbocycles. The lowest BCUT2D eigenvalue weighted by atomic mass is 9.80. The summed E-state index contributed by atoms with van der Waals surface area (Å²) in [4.78, 5) is 20.2. The summed E-state index contributed by atoms with van der Waals surface area (Å²) in [5, 5.41) is 83.2. The molecule has 2 aliphatic rings. The number of nitrogens with zero attached hydrogens (tertiary/aromatic N) is 8. The minimum atomic E-state index is -4.32. The minimum Gasteiger partial charge on any atom is -0.462 e. The predicted octanol–water partition coefficient (Wildman–Crippen LogP) is 1.48. The number of nitrogens with one attached hydrogen (secondary N) is 1. The van der Waals surface area contributed by atoms with E-state index in [1.54, 1.807) is 44.2 Å². The second-order valence-corrected chi connectivity index (χ2v) is 16.8. The van der Waals surface area contributed by atoms with Gasteiger partial charge in [-0.15, -0.1) is 0 Å². The van der Waals surface area contributed by atoms with Crippen LogP contribution in [0.15, 0.2) is 67.3 Å². The summed E-state index contributed by atoms with van der Waals surface area (Å²) in [6.07, 6.45) is -3.63. The zero-order valence-electron chi connectivity index (χ0n) is 34.0. The molecule has 0 spiro atoms. The number of nitriles is 2. The van der Waals surface area contributed by atoms with E-state index in [4.69, 9.17) is 34.7 Å². The molecule has 64 heavy (non-hydrogen) atoms. The number of aliphatic hydroxyl groups is 5. The van der Waals surface area contributed by atoms with Crippen molar-refractivity contribution >= 4 is 36.4 Å². The Balaban J connectivity index is 0.000000317. The number of carbonyl (C=O) groups is 1. The average Bonchev–Trinajstić information content (AvgIpc) is 3.96. The number of aromatic nitrogens is 6. The Labute approximate surface area is 368 Å². The Hall–Kier alpha value is -5.82. The molecule has 0 aliphatic carbocycles. The van der Waals surface area contributed by atoms with Crippen LogP contribution in [0.4, 0.5) is 11.6 Å². The highest BCUT2D eigenvalue weighted by atomic mass is 31.2. The lowest BCUT2D eigenvalue weighted by Gasteiger charge is -2.33. The van der Waals surface area contributed by atoms with Crippen molar-refractivity contribution in [1.29, 1.82) is 10.5 Å². The van der Waals surface area contributed by atoms with Crippen LogP contribution in [0.2, 0.25) is 0 Å². The lowest BCUT2D eigenvalue weighted by molar-refractivity contribution is -0.149. The summed E-state index contributed by atoms with van der Waals surface area (Å²) in [6.45, 7) is 6.12. The highest BCUT2D eigenvalue weighted by Gasteiger charge is 2.66. The first-order chi connectivity index (χ1) is 29.2. The van der Waals surface area contributed by atoms with E-state index in [0.717, 1.165) is 0 Å². The van der Waals surface area contributed by atoms with E-state index in [0.29, 0.717) is 11.0 Å². The van der Waals surface area contributed by atoms with E-state index in [2.05, 4.69) is 25.3 Å². The first-order valence-corrected chi connectivity index (χ1v) is 20.5. The number of rotatable bonds is 12. The molecule has 0 amide bonds. The number of hydrogen-bond donors (Lipinski definition) is 8. The van der Waals surface area contributed by atoms with Gasteiger partial charge < -0.3 is 55.7 Å². The van der Waals surface area contributed by atoms with Gasteiger partial charge in [0.25, 0.3) is 0 Å². The Morgan fingerprint density at radius 2 is 1.33 bits per heavy atom. The summed E-state index contributed by atoms with van der Waals surface area (Å²) < 4.78 is 44.3. The van der Waals surface area contributed by atoms with Crippen LogP contribution in [-0.4, -0.2) is 122 Å². The van der Waals surface area contributed by atoms with Crippen LogP contribution >= 0.6 is 7.75 Å². The fourth-order valence-electron chi connectivity index (χ4n) is 7.20. The molecule has 0 radical (unpaired) electrons. The molecule has 1 unspecified atom stereocenters. The van der Waals surface area contributed by atoms with Crippen molar-refractivity contribution in [3.05, 3.63) is 78.6 Å². The van der Waals surface area contributed by atoms with Crippen molar-refractivity contribution in [3.63, 3.8) is 0 Å². The van der Waals surface area contributed by atoms with E-state index in [1.807, 2.05) is 12.1 Å². The third-order valence-corrected chi connectivity index (χ3v) is 12.2. The van der Waals surface area contributed by atoms with E-state index < -0.39 is 85.9 Å². The van der Waals surface area contributed by atoms with Crippen LogP contribution in [0.1, 0.15) is 60.9 Å². The molecule has 2 fully saturated rings. The Kier molecular flexibility index (Phi) is 15.2. The number of benzene rings is 1. The average molecular weight is 912 g/mol. The van der Waals surface area contributed by atoms with Crippen LogP contribution in [0.5, 0.6) is 5.75 Å². The van der Waals surface area contributed by atoms with Crippen molar-refractivity contribution in [2.45, 2.75) is 108 Å². The first kappa shape index (κ1) is 50.8. The zero-order valence-corrected chi connectivity index (χ0v) is 34.9. The van der Waals surface area contributed by atoms with Gasteiger partial charge in [-0.1, -0.05) is 33.1 Å². The van der Waals surface area contributed by atoms with Gasteiger partial charge in [0.15, 0.2) is 11.6 Å². The monoisotopic (exact) mass is 911 g/mol. The zero-order chi connectivity index (χ0) is 45.4.